The van der Waals surface area contributed by atoms with Crippen LogP contribution in [0.5, 0.6) is 11.8 Å². The number of benzene rings is 2. The molecule has 4 aromatic rings. The molecule has 0 radical (unpaired) electrons. The van der Waals surface area contributed by atoms with Gasteiger partial charge in [0.25, 0.3) is 0 Å². The smallest absolute Gasteiger partial charge is 0.319 e. The van der Waals surface area contributed by atoms with Gasteiger partial charge in [-0.05, 0) is 49.4 Å². The maximum Gasteiger partial charge on any atom is 0.319 e. The van der Waals surface area contributed by atoms with Crippen LogP contribution in [0.4, 0.5) is 19.0 Å². The first-order valence-electron chi connectivity index (χ1n) is 15.0. The van der Waals surface area contributed by atoms with Crippen molar-refractivity contribution in [3.05, 3.63) is 47.7 Å². The fraction of sp³-hybridized carbons (Fsp3) is 0.424. The number of aromatic nitrogens is 3. The van der Waals surface area contributed by atoms with E-state index in [1.807, 2.05) is 0 Å². The largest absolute Gasteiger partial charge is 0.508 e. The van der Waals surface area contributed by atoms with Crippen molar-refractivity contribution in [2.45, 2.75) is 43.4 Å². The molecular formula is C33H30F3N5O3. The van der Waals surface area contributed by atoms with E-state index in [-0.39, 0.29) is 52.1 Å². The summed E-state index contributed by atoms with van der Waals surface area (Å²) in [5, 5.41) is 11.6. The number of aromatic hydroxyl groups is 1. The van der Waals surface area contributed by atoms with E-state index in [4.69, 9.17) is 20.9 Å². The van der Waals surface area contributed by atoms with Crippen molar-refractivity contribution in [2.24, 2.45) is 5.92 Å². The minimum absolute atomic E-state index is 0.00873. The van der Waals surface area contributed by atoms with E-state index in [0.717, 1.165) is 25.8 Å². The van der Waals surface area contributed by atoms with Crippen LogP contribution in [-0.4, -0.2) is 82.2 Å². The van der Waals surface area contributed by atoms with Gasteiger partial charge in [-0.15, -0.1) is 6.42 Å². The van der Waals surface area contributed by atoms with E-state index >= 15 is 4.39 Å². The molecule has 4 fully saturated rings. The van der Waals surface area contributed by atoms with Gasteiger partial charge >= 0.3 is 6.01 Å². The average molecular weight is 602 g/mol. The minimum Gasteiger partial charge on any atom is -0.508 e. The number of ether oxygens (including phenoxy) is 2. The van der Waals surface area contributed by atoms with E-state index in [1.165, 1.54) is 30.5 Å². The van der Waals surface area contributed by atoms with Crippen molar-refractivity contribution in [3.8, 4) is 35.4 Å². The number of rotatable bonds is 5. The quantitative estimate of drug-likeness (QED) is 0.321. The molecule has 8 nitrogen and oxygen atoms in total. The molecule has 2 aromatic heterocycles. The molecule has 44 heavy (non-hydrogen) atoms. The van der Waals surface area contributed by atoms with Crippen LogP contribution >= 0.6 is 0 Å². The van der Waals surface area contributed by atoms with Crippen LogP contribution in [0.2, 0.25) is 0 Å². The lowest BCUT2D eigenvalue weighted by molar-refractivity contribution is 0.0701. The molecule has 4 aliphatic heterocycles. The second-order valence-electron chi connectivity index (χ2n) is 12.5. The van der Waals surface area contributed by atoms with Crippen LogP contribution < -0.4 is 9.64 Å². The number of pyridine rings is 1. The number of halogens is 3. The van der Waals surface area contributed by atoms with Gasteiger partial charge in [0.2, 0.25) is 0 Å². The van der Waals surface area contributed by atoms with Gasteiger partial charge in [-0.2, -0.15) is 9.97 Å². The van der Waals surface area contributed by atoms with Crippen molar-refractivity contribution in [1.29, 1.82) is 0 Å². The third-order valence-electron chi connectivity index (χ3n) is 9.76. The maximum atomic E-state index is 16.7. The summed E-state index contributed by atoms with van der Waals surface area (Å²) in [5.74, 6) is 1.61. The van der Waals surface area contributed by atoms with Crippen LogP contribution in [0.3, 0.4) is 0 Å². The number of fused-ring (bicyclic) bond motifs is 5. The second-order valence-corrected chi connectivity index (χ2v) is 12.5. The number of phenolic OH excluding ortho intramolecular Hbond substituents is 1. The number of phenols is 1. The standard InChI is InChI=1S/C33H30F3N5O3/c1-2-23-26(35)5-4-19-9-22(42)10-24(27(19)23)29-28(36)30-25(12-37-29)31(41-13-18-8-21(41)16-43-15-18)39-32(38-30)44-17-33-6-3-7-40(33)14-20(34)11-33/h1,4-5,9-10,12,18,20-21,42H,3,6-8,11,13-17H2/t18?,20-,21?,33+/m1/s1. The zero-order valence-electron chi connectivity index (χ0n) is 23.9. The van der Waals surface area contributed by atoms with Crippen LogP contribution in [0, 0.1) is 29.9 Å². The lowest BCUT2D eigenvalue weighted by atomic mass is 9.95. The Morgan fingerprint density at radius 3 is 2.91 bits per heavy atom. The normalized spacial score (nSPS) is 26.4. The zero-order valence-corrected chi connectivity index (χ0v) is 23.9. The van der Waals surface area contributed by atoms with Gasteiger partial charge in [-0.1, -0.05) is 12.0 Å². The Morgan fingerprint density at radius 2 is 2.07 bits per heavy atom. The summed E-state index contributed by atoms with van der Waals surface area (Å²) in [4.78, 5) is 18.0. The summed E-state index contributed by atoms with van der Waals surface area (Å²) in [6.45, 7) is 3.24. The number of terminal acetylenes is 1. The molecule has 6 heterocycles. The summed E-state index contributed by atoms with van der Waals surface area (Å²) in [5.41, 5.74) is -0.521. The summed E-state index contributed by atoms with van der Waals surface area (Å²) in [7, 11) is 0. The molecule has 2 bridgehead atoms. The first-order valence-corrected chi connectivity index (χ1v) is 15.0. The fourth-order valence-electron chi connectivity index (χ4n) is 7.82. The highest BCUT2D eigenvalue weighted by molar-refractivity contribution is 6.03. The van der Waals surface area contributed by atoms with Gasteiger partial charge in [-0.25, -0.2) is 13.2 Å². The number of hydrogen-bond donors (Lipinski definition) is 1. The highest BCUT2D eigenvalue weighted by atomic mass is 19.1. The van der Waals surface area contributed by atoms with E-state index in [0.29, 0.717) is 55.2 Å². The number of nitrogens with zero attached hydrogens (tertiary/aromatic N) is 5. The molecule has 4 saturated heterocycles. The van der Waals surface area contributed by atoms with Gasteiger partial charge in [0.15, 0.2) is 5.82 Å². The van der Waals surface area contributed by atoms with Gasteiger partial charge in [0.1, 0.15) is 41.4 Å². The van der Waals surface area contributed by atoms with Crippen molar-refractivity contribution in [3.63, 3.8) is 0 Å². The number of hydrogen-bond acceptors (Lipinski definition) is 8. The molecule has 2 unspecified atom stereocenters. The first-order chi connectivity index (χ1) is 21.3. The van der Waals surface area contributed by atoms with Crippen molar-refractivity contribution >= 4 is 27.5 Å². The zero-order chi connectivity index (χ0) is 30.2. The van der Waals surface area contributed by atoms with Crippen molar-refractivity contribution in [1.82, 2.24) is 19.9 Å². The molecule has 0 spiro atoms. The van der Waals surface area contributed by atoms with Crippen molar-refractivity contribution in [2.75, 3.05) is 44.4 Å². The predicted molar refractivity (Wildman–Crippen MR) is 158 cm³/mol. The Bertz CT molecular complexity index is 1870. The number of alkyl halides is 1. The summed E-state index contributed by atoms with van der Waals surface area (Å²) in [6.07, 6.45) is 9.32. The SMILES string of the molecule is C#Cc1c(F)ccc2cc(O)cc(-c3ncc4c(N5CC6COCC5C6)nc(OC[C@@]56CCCN5C[C@H](F)C6)nc4c3F)c12. The van der Waals surface area contributed by atoms with E-state index in [9.17, 15) is 13.9 Å². The monoisotopic (exact) mass is 601 g/mol. The van der Waals surface area contributed by atoms with Crippen LogP contribution in [0.25, 0.3) is 32.9 Å². The minimum atomic E-state index is -0.920. The lowest BCUT2D eigenvalue weighted by Gasteiger charge is -2.31. The molecule has 0 amide bonds. The average Bonchev–Trinajstić information content (AvgIpc) is 3.64. The molecule has 8 rings (SSSR count). The third-order valence-corrected chi connectivity index (χ3v) is 9.76. The topological polar surface area (TPSA) is 83.8 Å². The lowest BCUT2D eigenvalue weighted by Crippen LogP contribution is -2.43. The summed E-state index contributed by atoms with van der Waals surface area (Å²) < 4.78 is 58.0. The molecular weight excluding hydrogens is 571 g/mol. The molecule has 2 aromatic carbocycles. The molecule has 4 aliphatic rings. The molecule has 0 aliphatic carbocycles. The predicted octanol–water partition coefficient (Wildman–Crippen LogP) is 4.99. The van der Waals surface area contributed by atoms with E-state index in [2.05, 4.69) is 25.7 Å². The van der Waals surface area contributed by atoms with Crippen LogP contribution in [0.15, 0.2) is 30.5 Å². The Balaban J connectivity index is 1.29. The van der Waals surface area contributed by atoms with Gasteiger partial charge in [0.05, 0.1) is 35.7 Å². The van der Waals surface area contributed by atoms with Crippen LogP contribution in [-0.2, 0) is 4.74 Å². The molecule has 0 saturated carbocycles. The van der Waals surface area contributed by atoms with E-state index in [1.54, 1.807) is 0 Å². The molecule has 1 N–H and O–H groups in total. The van der Waals surface area contributed by atoms with Gasteiger partial charge in [0, 0.05) is 42.6 Å². The Morgan fingerprint density at radius 1 is 1.18 bits per heavy atom. The summed E-state index contributed by atoms with van der Waals surface area (Å²) in [6, 6.07) is 5.50. The molecule has 4 atom stereocenters. The summed E-state index contributed by atoms with van der Waals surface area (Å²) >= 11 is 0. The van der Waals surface area contributed by atoms with Gasteiger partial charge in [-0.3, -0.25) is 9.88 Å². The van der Waals surface area contributed by atoms with Gasteiger partial charge < -0.3 is 19.5 Å². The molecule has 11 heteroatoms. The first kappa shape index (κ1) is 27.4. The Hall–Kier alpha value is -4.14. The third kappa shape index (κ3) is 4.26. The van der Waals surface area contributed by atoms with Crippen LogP contribution in [0.1, 0.15) is 31.2 Å². The number of anilines is 1. The van der Waals surface area contributed by atoms with Crippen molar-refractivity contribution < 1.29 is 27.8 Å². The maximum absolute atomic E-state index is 16.7. The second kappa shape index (κ2) is 10.2. The highest BCUT2D eigenvalue weighted by Gasteiger charge is 2.49. The molecule has 226 valence electrons. The fourth-order valence-corrected chi connectivity index (χ4v) is 7.82. The Kier molecular flexibility index (Phi) is 6.36. The highest BCUT2D eigenvalue weighted by Crippen LogP contribution is 2.42. The van der Waals surface area contributed by atoms with E-state index < -0.39 is 23.3 Å². The Labute approximate surface area is 251 Å².